The number of benzene rings is 6. The van der Waals surface area contributed by atoms with Gasteiger partial charge >= 0.3 is 0 Å². The molecule has 6 aromatic carbocycles. The number of aryl methyl sites for hydroxylation is 1. The van der Waals surface area contributed by atoms with Gasteiger partial charge in [0.1, 0.15) is 0 Å². The molecule has 0 bridgehead atoms. The van der Waals surface area contributed by atoms with E-state index in [0.717, 1.165) is 39.6 Å². The minimum absolute atomic E-state index is 0.0624. The number of rotatable bonds is 5. The highest BCUT2D eigenvalue weighted by Crippen LogP contribution is 2.42. The van der Waals surface area contributed by atoms with Gasteiger partial charge in [0, 0.05) is 55.8 Å². The highest BCUT2D eigenvalue weighted by atomic mass is 15.0. The van der Waals surface area contributed by atoms with Crippen LogP contribution in [0.15, 0.2) is 158 Å². The molecule has 0 spiro atoms. The van der Waals surface area contributed by atoms with Crippen molar-refractivity contribution in [1.82, 2.24) is 19.1 Å². The molecule has 0 saturated heterocycles. The number of pyridine rings is 2. The average molecular weight is 821 g/mol. The van der Waals surface area contributed by atoms with Crippen molar-refractivity contribution in [2.24, 2.45) is 0 Å². The van der Waals surface area contributed by atoms with E-state index in [1.807, 2.05) is 6.20 Å². The third-order valence-electron chi connectivity index (χ3n) is 12.9. The zero-order chi connectivity index (χ0) is 44.0. The maximum Gasteiger partial charge on any atom is 0.0714 e. The Morgan fingerprint density at radius 1 is 0.413 bits per heavy atom. The van der Waals surface area contributed by atoms with Crippen LogP contribution in [0, 0.1) is 6.92 Å². The second kappa shape index (κ2) is 14.7. The number of para-hydroxylation sites is 3. The van der Waals surface area contributed by atoms with Crippen molar-refractivity contribution in [3.05, 3.63) is 180 Å². The van der Waals surface area contributed by atoms with E-state index in [4.69, 9.17) is 9.97 Å². The second-order valence-electron chi connectivity index (χ2n) is 20.5. The predicted octanol–water partition coefficient (Wildman–Crippen LogP) is 15.9. The van der Waals surface area contributed by atoms with Crippen LogP contribution in [0.25, 0.3) is 88.8 Å². The van der Waals surface area contributed by atoms with Gasteiger partial charge in [-0.3, -0.25) is 4.98 Å². The standard InChI is InChI=1S/C59H56N4/c1-37-32-41(63-52-23-14-11-18-42(52)43-19-12-15-24-53(43)63)36-48(59(8,9)10)56(37)51-33-38(30-31-60-51)49-21-17-22-50(61-49)45-28-27-40(35-47(45)58(5,6)7)62-54-25-16-13-20-44(54)46-34-39(57(2,3)4)26-29-55(46)62/h11-36H,1-10H3. The van der Waals surface area contributed by atoms with Gasteiger partial charge < -0.3 is 9.13 Å². The summed E-state index contributed by atoms with van der Waals surface area (Å²) in [6.07, 6.45) is 1.94. The van der Waals surface area contributed by atoms with Crippen molar-refractivity contribution >= 4 is 43.6 Å². The largest absolute Gasteiger partial charge is 0.309 e. The van der Waals surface area contributed by atoms with E-state index in [2.05, 4.69) is 230 Å². The molecule has 10 rings (SSSR count). The van der Waals surface area contributed by atoms with Crippen molar-refractivity contribution in [3.8, 4) is 45.1 Å². The SMILES string of the molecule is Cc1cc(-n2c3ccccc3c3ccccc32)cc(C(C)(C)C)c1-c1cc(-c2cccc(-c3ccc(-n4c5ccccc5c5cc(C(C)(C)C)ccc54)cc3C(C)(C)C)n2)ccn1. The van der Waals surface area contributed by atoms with Crippen molar-refractivity contribution in [2.45, 2.75) is 85.5 Å². The first-order valence-electron chi connectivity index (χ1n) is 22.3. The van der Waals surface area contributed by atoms with Gasteiger partial charge in [-0.1, -0.05) is 135 Å². The normalized spacial score (nSPS) is 12.6. The van der Waals surface area contributed by atoms with E-state index in [9.17, 15) is 0 Å². The van der Waals surface area contributed by atoms with Crippen LogP contribution < -0.4 is 0 Å². The van der Waals surface area contributed by atoms with Crippen LogP contribution in [0.5, 0.6) is 0 Å². The Kier molecular flexibility index (Phi) is 9.38. The average Bonchev–Trinajstić information content (AvgIpc) is 3.78. The van der Waals surface area contributed by atoms with Crippen molar-refractivity contribution in [1.29, 1.82) is 0 Å². The van der Waals surface area contributed by atoms with E-state index < -0.39 is 0 Å². The summed E-state index contributed by atoms with van der Waals surface area (Å²) in [4.78, 5) is 10.5. The fourth-order valence-corrected chi connectivity index (χ4v) is 9.73. The van der Waals surface area contributed by atoms with Crippen molar-refractivity contribution < 1.29 is 0 Å². The number of fused-ring (bicyclic) bond motifs is 6. The predicted molar refractivity (Wildman–Crippen MR) is 268 cm³/mol. The number of aromatic nitrogens is 4. The summed E-state index contributed by atoms with van der Waals surface area (Å²) in [5.41, 5.74) is 18.2. The first kappa shape index (κ1) is 40.3. The first-order chi connectivity index (χ1) is 30.1. The Bertz CT molecular complexity index is 3360. The molecule has 0 N–H and O–H groups in total. The maximum atomic E-state index is 5.41. The molecule has 0 saturated carbocycles. The van der Waals surface area contributed by atoms with Crippen LogP contribution in [-0.2, 0) is 16.2 Å². The topological polar surface area (TPSA) is 35.6 Å². The van der Waals surface area contributed by atoms with E-state index in [1.165, 1.54) is 71.4 Å². The minimum Gasteiger partial charge on any atom is -0.309 e. The summed E-state index contributed by atoms with van der Waals surface area (Å²) in [6.45, 7) is 22.9. The lowest BCUT2D eigenvalue weighted by atomic mass is 9.80. The summed E-state index contributed by atoms with van der Waals surface area (Å²) >= 11 is 0. The quantitative estimate of drug-likeness (QED) is 0.173. The first-order valence-corrected chi connectivity index (χ1v) is 22.3. The molecule has 0 amide bonds. The van der Waals surface area contributed by atoms with Crippen LogP contribution in [0.4, 0.5) is 0 Å². The van der Waals surface area contributed by atoms with Crippen LogP contribution in [0.3, 0.4) is 0 Å². The second-order valence-corrected chi connectivity index (χ2v) is 20.5. The van der Waals surface area contributed by atoms with Crippen LogP contribution in [0.1, 0.15) is 84.6 Å². The smallest absolute Gasteiger partial charge is 0.0714 e. The molecule has 312 valence electrons. The molecule has 0 atom stereocenters. The Morgan fingerprint density at radius 2 is 0.968 bits per heavy atom. The Labute approximate surface area is 371 Å². The number of nitrogens with zero attached hydrogens (tertiary/aromatic N) is 4. The molecule has 4 nitrogen and oxygen atoms in total. The van der Waals surface area contributed by atoms with E-state index >= 15 is 0 Å². The van der Waals surface area contributed by atoms with E-state index in [0.29, 0.717) is 0 Å². The molecule has 4 aromatic heterocycles. The van der Waals surface area contributed by atoms with Crippen molar-refractivity contribution in [3.63, 3.8) is 0 Å². The van der Waals surface area contributed by atoms with Gasteiger partial charge in [-0.15, -0.1) is 0 Å². The fraction of sp³-hybridized carbons (Fsp3) is 0.220. The molecule has 4 heterocycles. The van der Waals surface area contributed by atoms with Gasteiger partial charge in [0.2, 0.25) is 0 Å². The van der Waals surface area contributed by atoms with Crippen LogP contribution in [0.2, 0.25) is 0 Å². The summed E-state index contributed by atoms with van der Waals surface area (Å²) < 4.78 is 4.85. The Morgan fingerprint density at radius 3 is 1.59 bits per heavy atom. The Hall–Kier alpha value is -6.78. The molecule has 4 heteroatoms. The third kappa shape index (κ3) is 6.93. The Balaban J connectivity index is 1.06. The lowest BCUT2D eigenvalue weighted by molar-refractivity contribution is 0.590. The molecule has 0 radical (unpaired) electrons. The summed E-state index contributed by atoms with van der Waals surface area (Å²) in [5.74, 6) is 0. The molecule has 0 aliphatic heterocycles. The highest BCUT2D eigenvalue weighted by Gasteiger charge is 2.26. The zero-order valence-corrected chi connectivity index (χ0v) is 38.3. The monoisotopic (exact) mass is 820 g/mol. The minimum atomic E-state index is -0.144. The van der Waals surface area contributed by atoms with Gasteiger partial charge in [0.05, 0.1) is 39.1 Å². The zero-order valence-electron chi connectivity index (χ0n) is 38.3. The van der Waals surface area contributed by atoms with Gasteiger partial charge in [-0.05, 0) is 124 Å². The summed E-state index contributed by atoms with van der Waals surface area (Å²) in [7, 11) is 0. The fourth-order valence-electron chi connectivity index (χ4n) is 9.73. The molecule has 0 aliphatic carbocycles. The lowest BCUT2D eigenvalue weighted by Crippen LogP contribution is -2.15. The molecular formula is C59H56N4. The van der Waals surface area contributed by atoms with E-state index in [1.54, 1.807) is 0 Å². The molecule has 0 aliphatic rings. The summed E-state index contributed by atoms with van der Waals surface area (Å²) in [6, 6.07) is 55.6. The molecule has 63 heavy (non-hydrogen) atoms. The molecule has 10 aromatic rings. The van der Waals surface area contributed by atoms with Gasteiger partial charge in [0.15, 0.2) is 0 Å². The summed E-state index contributed by atoms with van der Waals surface area (Å²) in [5, 5.41) is 5.09. The highest BCUT2D eigenvalue weighted by molar-refractivity contribution is 6.10. The maximum absolute atomic E-state index is 5.41. The van der Waals surface area contributed by atoms with Crippen molar-refractivity contribution in [2.75, 3.05) is 0 Å². The van der Waals surface area contributed by atoms with Gasteiger partial charge in [-0.2, -0.15) is 0 Å². The van der Waals surface area contributed by atoms with Crippen LogP contribution >= 0.6 is 0 Å². The van der Waals surface area contributed by atoms with Gasteiger partial charge in [0.25, 0.3) is 0 Å². The molecule has 0 fully saturated rings. The lowest BCUT2D eigenvalue weighted by Gasteiger charge is -2.26. The third-order valence-corrected chi connectivity index (χ3v) is 12.9. The number of hydrogen-bond donors (Lipinski definition) is 0. The van der Waals surface area contributed by atoms with Gasteiger partial charge in [-0.25, -0.2) is 4.98 Å². The molecule has 0 unspecified atom stereocenters. The van der Waals surface area contributed by atoms with Crippen LogP contribution in [-0.4, -0.2) is 19.1 Å². The van der Waals surface area contributed by atoms with E-state index in [-0.39, 0.29) is 16.2 Å². The molecular weight excluding hydrogens is 765 g/mol. The number of hydrogen-bond acceptors (Lipinski definition) is 2.